The van der Waals surface area contributed by atoms with Crippen molar-refractivity contribution in [3.05, 3.63) is 72.3 Å². The lowest BCUT2D eigenvalue weighted by Crippen LogP contribution is -2.42. The molecule has 1 atom stereocenters. The van der Waals surface area contributed by atoms with Crippen LogP contribution in [-0.4, -0.2) is 37.9 Å². The molecule has 3 N–H and O–H groups in total. The Morgan fingerprint density at radius 3 is 2.28 bits per heavy atom. The molecular formula is C23H26N2O4. The van der Waals surface area contributed by atoms with Crippen molar-refractivity contribution in [2.24, 2.45) is 5.73 Å². The van der Waals surface area contributed by atoms with Crippen LogP contribution in [0.25, 0.3) is 11.1 Å². The molecule has 0 spiro atoms. The van der Waals surface area contributed by atoms with Crippen LogP contribution in [0.2, 0.25) is 0 Å². The van der Waals surface area contributed by atoms with E-state index in [0.29, 0.717) is 19.4 Å². The molecule has 1 amide bonds. The Kier molecular flexibility index (Phi) is 7.03. The Morgan fingerprint density at radius 2 is 1.69 bits per heavy atom. The fourth-order valence-electron chi connectivity index (χ4n) is 3.59. The second kappa shape index (κ2) is 9.89. The standard InChI is InChI=1S/C23H26N2O4/c1-2-14-28-22(26)21(12-7-13-24)25-23(27)29-15-20-18-10-5-3-8-16(18)17-9-4-6-11-19(17)20/h2-6,8-11,20-21H,1,7,12-15,24H2,(H,25,27). The zero-order valence-corrected chi connectivity index (χ0v) is 16.3. The Hall–Kier alpha value is -3.12. The van der Waals surface area contributed by atoms with Crippen molar-refractivity contribution in [3.63, 3.8) is 0 Å². The van der Waals surface area contributed by atoms with Crippen LogP contribution in [0.15, 0.2) is 61.2 Å². The van der Waals surface area contributed by atoms with Crippen LogP contribution in [0.4, 0.5) is 4.79 Å². The van der Waals surface area contributed by atoms with E-state index in [1.807, 2.05) is 24.3 Å². The van der Waals surface area contributed by atoms with Crippen LogP contribution >= 0.6 is 0 Å². The minimum Gasteiger partial charge on any atom is -0.460 e. The van der Waals surface area contributed by atoms with E-state index in [-0.39, 0.29) is 19.1 Å². The molecule has 1 unspecified atom stereocenters. The summed E-state index contributed by atoms with van der Waals surface area (Å²) in [6.07, 6.45) is 1.80. The zero-order chi connectivity index (χ0) is 20.6. The quantitative estimate of drug-likeness (QED) is 0.503. The lowest BCUT2D eigenvalue weighted by molar-refractivity contribution is -0.145. The fourth-order valence-corrected chi connectivity index (χ4v) is 3.59. The number of alkyl carbamates (subject to hydrolysis) is 1. The Balaban J connectivity index is 1.65. The summed E-state index contributed by atoms with van der Waals surface area (Å²) in [7, 11) is 0. The number of hydrogen-bond donors (Lipinski definition) is 2. The smallest absolute Gasteiger partial charge is 0.407 e. The summed E-state index contributed by atoms with van der Waals surface area (Å²) in [6, 6.07) is 15.4. The van der Waals surface area contributed by atoms with Gasteiger partial charge in [0.25, 0.3) is 0 Å². The number of ether oxygens (including phenoxy) is 2. The minimum atomic E-state index is -0.797. The normalized spacial score (nSPS) is 13.1. The maximum absolute atomic E-state index is 12.4. The highest BCUT2D eigenvalue weighted by atomic mass is 16.6. The summed E-state index contributed by atoms with van der Waals surface area (Å²) in [5.74, 6) is -0.560. The predicted molar refractivity (Wildman–Crippen MR) is 111 cm³/mol. The Morgan fingerprint density at radius 1 is 1.07 bits per heavy atom. The molecule has 29 heavy (non-hydrogen) atoms. The number of amides is 1. The number of rotatable bonds is 9. The van der Waals surface area contributed by atoms with Gasteiger partial charge in [0.05, 0.1) is 0 Å². The lowest BCUT2D eigenvalue weighted by atomic mass is 9.98. The number of nitrogens with two attached hydrogens (primary N) is 1. The molecule has 0 heterocycles. The van der Waals surface area contributed by atoms with Crippen LogP contribution in [0, 0.1) is 0 Å². The van der Waals surface area contributed by atoms with Crippen LogP contribution in [0.3, 0.4) is 0 Å². The van der Waals surface area contributed by atoms with E-state index < -0.39 is 18.1 Å². The van der Waals surface area contributed by atoms with Gasteiger partial charge < -0.3 is 20.5 Å². The van der Waals surface area contributed by atoms with Gasteiger partial charge in [0.15, 0.2) is 0 Å². The molecule has 0 aliphatic heterocycles. The third kappa shape index (κ3) is 4.84. The van der Waals surface area contributed by atoms with Crippen LogP contribution < -0.4 is 11.1 Å². The van der Waals surface area contributed by atoms with Gasteiger partial charge in [0, 0.05) is 5.92 Å². The number of fused-ring (bicyclic) bond motifs is 3. The number of nitrogens with one attached hydrogen (secondary N) is 1. The fraction of sp³-hybridized carbons (Fsp3) is 0.304. The summed E-state index contributed by atoms with van der Waals surface area (Å²) >= 11 is 0. The number of hydrogen-bond acceptors (Lipinski definition) is 5. The first-order valence-electron chi connectivity index (χ1n) is 9.74. The second-order valence-electron chi connectivity index (χ2n) is 6.87. The van der Waals surface area contributed by atoms with Crippen molar-refractivity contribution < 1.29 is 19.1 Å². The van der Waals surface area contributed by atoms with E-state index in [0.717, 1.165) is 22.3 Å². The number of carbonyl (C=O) groups is 2. The Bertz CT molecular complexity index is 835. The van der Waals surface area contributed by atoms with E-state index in [1.54, 1.807) is 0 Å². The number of benzene rings is 2. The van der Waals surface area contributed by atoms with Gasteiger partial charge in [-0.2, -0.15) is 0 Å². The molecule has 0 bridgehead atoms. The first kappa shape index (κ1) is 20.6. The van der Waals surface area contributed by atoms with Crippen molar-refractivity contribution in [2.45, 2.75) is 24.8 Å². The van der Waals surface area contributed by atoms with Gasteiger partial charge in [-0.15, -0.1) is 0 Å². The third-order valence-electron chi connectivity index (χ3n) is 4.96. The summed E-state index contributed by atoms with van der Waals surface area (Å²) in [5.41, 5.74) is 10.1. The lowest BCUT2D eigenvalue weighted by Gasteiger charge is -2.18. The van der Waals surface area contributed by atoms with Gasteiger partial charge in [-0.25, -0.2) is 9.59 Å². The Labute approximate surface area is 170 Å². The van der Waals surface area contributed by atoms with E-state index in [9.17, 15) is 9.59 Å². The van der Waals surface area contributed by atoms with Gasteiger partial charge in [-0.3, -0.25) is 0 Å². The summed E-state index contributed by atoms with van der Waals surface area (Å²) in [6.45, 7) is 4.20. The molecule has 6 nitrogen and oxygen atoms in total. The van der Waals surface area contributed by atoms with E-state index in [2.05, 4.69) is 36.2 Å². The van der Waals surface area contributed by atoms with E-state index in [4.69, 9.17) is 15.2 Å². The van der Waals surface area contributed by atoms with Crippen LogP contribution in [-0.2, 0) is 14.3 Å². The molecule has 0 saturated carbocycles. The maximum Gasteiger partial charge on any atom is 0.407 e. The molecule has 2 aromatic rings. The van der Waals surface area contributed by atoms with Crippen molar-refractivity contribution in [2.75, 3.05) is 19.8 Å². The van der Waals surface area contributed by atoms with Gasteiger partial charge in [-0.05, 0) is 41.6 Å². The van der Waals surface area contributed by atoms with Gasteiger partial charge in [0.1, 0.15) is 19.3 Å². The van der Waals surface area contributed by atoms with Gasteiger partial charge in [-0.1, -0.05) is 61.2 Å². The molecule has 0 saturated heterocycles. The zero-order valence-electron chi connectivity index (χ0n) is 16.3. The minimum absolute atomic E-state index is 0.0386. The highest BCUT2D eigenvalue weighted by Crippen LogP contribution is 2.44. The number of esters is 1. The largest absolute Gasteiger partial charge is 0.460 e. The average Bonchev–Trinajstić information content (AvgIpc) is 3.07. The molecule has 1 aliphatic carbocycles. The van der Waals surface area contributed by atoms with Crippen LogP contribution in [0.5, 0.6) is 0 Å². The SMILES string of the molecule is C=CCOC(=O)C(CCCN)NC(=O)OCC1c2ccccc2-c2ccccc21. The molecule has 3 rings (SSSR count). The monoisotopic (exact) mass is 394 g/mol. The van der Waals surface area contributed by atoms with Gasteiger partial charge >= 0.3 is 12.1 Å². The van der Waals surface area contributed by atoms with E-state index in [1.165, 1.54) is 6.08 Å². The highest BCUT2D eigenvalue weighted by molar-refractivity contribution is 5.82. The topological polar surface area (TPSA) is 90.6 Å². The van der Waals surface area contributed by atoms with Crippen LogP contribution in [0.1, 0.15) is 29.9 Å². The molecule has 2 aromatic carbocycles. The highest BCUT2D eigenvalue weighted by Gasteiger charge is 2.29. The summed E-state index contributed by atoms with van der Waals surface area (Å²) < 4.78 is 10.5. The second-order valence-corrected chi connectivity index (χ2v) is 6.87. The number of carbonyl (C=O) groups excluding carboxylic acids is 2. The molecule has 0 fully saturated rings. The maximum atomic E-state index is 12.4. The van der Waals surface area contributed by atoms with Gasteiger partial charge in [0.2, 0.25) is 0 Å². The molecule has 1 aliphatic rings. The first-order valence-corrected chi connectivity index (χ1v) is 9.74. The predicted octanol–water partition coefficient (Wildman–Crippen LogP) is 3.36. The summed E-state index contributed by atoms with van der Waals surface area (Å²) in [5, 5.41) is 2.61. The van der Waals surface area contributed by atoms with Crippen molar-refractivity contribution >= 4 is 12.1 Å². The summed E-state index contributed by atoms with van der Waals surface area (Å²) in [4.78, 5) is 24.5. The third-order valence-corrected chi connectivity index (χ3v) is 4.96. The van der Waals surface area contributed by atoms with E-state index >= 15 is 0 Å². The molecule has 152 valence electrons. The molecule has 0 radical (unpaired) electrons. The average molecular weight is 394 g/mol. The molecule has 6 heteroatoms. The molecular weight excluding hydrogens is 368 g/mol. The first-order chi connectivity index (χ1) is 14.2. The van der Waals surface area contributed by atoms with Crippen molar-refractivity contribution in [1.82, 2.24) is 5.32 Å². The van der Waals surface area contributed by atoms with Crippen molar-refractivity contribution in [3.8, 4) is 11.1 Å². The molecule has 0 aromatic heterocycles. The van der Waals surface area contributed by atoms with Crippen molar-refractivity contribution in [1.29, 1.82) is 0 Å².